The van der Waals surface area contributed by atoms with Crippen LogP contribution in [-0.2, 0) is 4.79 Å². The Morgan fingerprint density at radius 1 is 1.17 bits per heavy atom. The van der Waals surface area contributed by atoms with Crippen LogP contribution in [0.15, 0.2) is 36.7 Å². The van der Waals surface area contributed by atoms with Crippen LogP contribution in [0.25, 0.3) is 16.9 Å². The fourth-order valence-corrected chi connectivity index (χ4v) is 4.38. The summed E-state index contributed by atoms with van der Waals surface area (Å²) in [4.78, 5) is 23.3. The molecular weight excluding hydrogens is 378 g/mol. The van der Waals surface area contributed by atoms with Crippen molar-refractivity contribution in [3.8, 4) is 11.3 Å². The standard InChI is InChI=1S/C20H20F2N6O/c21-18(22)14-2-3-16-25-11-15(28(16)26-14)13-4-7-23-17(10-13)27-9-1-5-20(12-27)6-8-24-19(20)29/h2-4,7,10-11,18H,1,5-6,8-9,12H2,(H,24,29). The lowest BCUT2D eigenvalue weighted by atomic mass is 9.78. The van der Waals surface area contributed by atoms with E-state index >= 15 is 0 Å². The average molecular weight is 398 g/mol. The van der Waals surface area contributed by atoms with E-state index in [-0.39, 0.29) is 17.0 Å². The molecule has 1 N–H and O–H groups in total. The molecule has 5 heterocycles. The number of fused-ring (bicyclic) bond motifs is 1. The van der Waals surface area contributed by atoms with Gasteiger partial charge in [-0.25, -0.2) is 23.3 Å². The first-order valence-electron chi connectivity index (χ1n) is 9.68. The molecular formula is C20H20F2N6O. The summed E-state index contributed by atoms with van der Waals surface area (Å²) in [5.41, 5.74) is 1.28. The van der Waals surface area contributed by atoms with Crippen LogP contribution < -0.4 is 10.2 Å². The topological polar surface area (TPSA) is 75.4 Å². The number of aromatic nitrogens is 4. The van der Waals surface area contributed by atoms with Gasteiger partial charge in [-0.1, -0.05) is 0 Å². The number of nitrogens with one attached hydrogen (secondary N) is 1. The van der Waals surface area contributed by atoms with E-state index < -0.39 is 6.43 Å². The Morgan fingerprint density at radius 3 is 2.86 bits per heavy atom. The van der Waals surface area contributed by atoms with Crippen molar-refractivity contribution in [2.45, 2.75) is 25.7 Å². The minimum Gasteiger partial charge on any atom is -0.356 e. The Kier molecular flexibility index (Phi) is 4.18. The van der Waals surface area contributed by atoms with Gasteiger partial charge in [-0.05, 0) is 43.5 Å². The first-order valence-corrected chi connectivity index (χ1v) is 9.68. The molecule has 2 saturated heterocycles. The molecule has 0 saturated carbocycles. The number of imidazole rings is 1. The third kappa shape index (κ3) is 3.01. The van der Waals surface area contributed by atoms with Gasteiger partial charge < -0.3 is 10.2 Å². The zero-order valence-electron chi connectivity index (χ0n) is 15.7. The highest BCUT2D eigenvalue weighted by atomic mass is 19.3. The van der Waals surface area contributed by atoms with Crippen LogP contribution >= 0.6 is 0 Å². The molecule has 0 bridgehead atoms. The number of anilines is 1. The van der Waals surface area contributed by atoms with E-state index in [4.69, 9.17) is 0 Å². The number of amides is 1. The number of carbonyl (C=O) groups is 1. The van der Waals surface area contributed by atoms with Crippen LogP contribution in [0, 0.1) is 5.41 Å². The highest BCUT2D eigenvalue weighted by molar-refractivity contribution is 5.85. The molecule has 0 radical (unpaired) electrons. The van der Waals surface area contributed by atoms with E-state index in [9.17, 15) is 13.6 Å². The van der Waals surface area contributed by atoms with E-state index in [1.54, 1.807) is 12.4 Å². The Bertz CT molecular complexity index is 1080. The molecule has 0 aromatic carbocycles. The second-order valence-electron chi connectivity index (χ2n) is 7.69. The van der Waals surface area contributed by atoms with Crippen molar-refractivity contribution in [1.82, 2.24) is 24.9 Å². The number of carbonyl (C=O) groups excluding carboxylic acids is 1. The molecule has 1 spiro atoms. The molecule has 0 aliphatic carbocycles. The molecule has 29 heavy (non-hydrogen) atoms. The van der Waals surface area contributed by atoms with Gasteiger partial charge >= 0.3 is 0 Å². The van der Waals surface area contributed by atoms with Gasteiger partial charge in [0.25, 0.3) is 6.43 Å². The minimum absolute atomic E-state index is 0.129. The summed E-state index contributed by atoms with van der Waals surface area (Å²) in [6.45, 7) is 2.18. The minimum atomic E-state index is -2.65. The molecule has 9 heteroatoms. The summed E-state index contributed by atoms with van der Waals surface area (Å²) >= 11 is 0. The first-order chi connectivity index (χ1) is 14.1. The lowest BCUT2D eigenvalue weighted by Gasteiger charge is -2.39. The smallest absolute Gasteiger partial charge is 0.282 e. The van der Waals surface area contributed by atoms with Crippen molar-refractivity contribution < 1.29 is 13.6 Å². The van der Waals surface area contributed by atoms with Gasteiger partial charge in [0.05, 0.1) is 17.3 Å². The van der Waals surface area contributed by atoms with Gasteiger partial charge in [-0.2, -0.15) is 5.10 Å². The molecule has 2 aliphatic rings. The first kappa shape index (κ1) is 18.0. The van der Waals surface area contributed by atoms with E-state index in [0.717, 1.165) is 43.7 Å². The van der Waals surface area contributed by atoms with Crippen molar-refractivity contribution in [1.29, 1.82) is 0 Å². The summed E-state index contributed by atoms with van der Waals surface area (Å²) in [7, 11) is 0. The maximum atomic E-state index is 13.1. The van der Waals surface area contributed by atoms with Gasteiger partial charge in [0.15, 0.2) is 5.65 Å². The normalized spacial score (nSPS) is 22.0. The largest absolute Gasteiger partial charge is 0.356 e. The summed E-state index contributed by atoms with van der Waals surface area (Å²) in [6, 6.07) is 6.54. The van der Waals surface area contributed by atoms with E-state index in [2.05, 4.69) is 25.3 Å². The number of pyridine rings is 1. The van der Waals surface area contributed by atoms with Gasteiger partial charge in [0.2, 0.25) is 5.91 Å². The highest BCUT2D eigenvalue weighted by Gasteiger charge is 2.45. The van der Waals surface area contributed by atoms with E-state index in [0.29, 0.717) is 17.9 Å². The van der Waals surface area contributed by atoms with Gasteiger partial charge in [0, 0.05) is 31.4 Å². The van der Waals surface area contributed by atoms with Gasteiger partial charge in [0.1, 0.15) is 11.5 Å². The Labute approximate surface area is 165 Å². The van der Waals surface area contributed by atoms with E-state index in [1.165, 1.54) is 16.6 Å². The number of halogens is 2. The van der Waals surface area contributed by atoms with Crippen molar-refractivity contribution >= 4 is 17.4 Å². The lowest BCUT2D eigenvalue weighted by molar-refractivity contribution is -0.128. The van der Waals surface area contributed by atoms with Crippen LogP contribution in [0.2, 0.25) is 0 Å². The number of hydrogen-bond donors (Lipinski definition) is 1. The van der Waals surface area contributed by atoms with E-state index in [1.807, 2.05) is 12.1 Å². The second-order valence-corrected chi connectivity index (χ2v) is 7.69. The molecule has 3 aromatic rings. The fourth-order valence-electron chi connectivity index (χ4n) is 4.38. The third-order valence-corrected chi connectivity index (χ3v) is 5.92. The summed E-state index contributed by atoms with van der Waals surface area (Å²) < 4.78 is 27.6. The quantitative estimate of drug-likeness (QED) is 0.734. The number of hydrogen-bond acceptors (Lipinski definition) is 5. The van der Waals surface area contributed by atoms with Crippen molar-refractivity contribution in [3.05, 3.63) is 42.4 Å². The Morgan fingerprint density at radius 2 is 2.07 bits per heavy atom. The number of alkyl halides is 2. The Balaban J connectivity index is 1.50. The molecule has 2 fully saturated rings. The average Bonchev–Trinajstić information content (AvgIpc) is 3.31. The van der Waals surface area contributed by atoms with Gasteiger partial charge in [-0.15, -0.1) is 0 Å². The van der Waals surface area contributed by atoms with Crippen molar-refractivity contribution in [2.75, 3.05) is 24.5 Å². The molecule has 1 atom stereocenters. The third-order valence-electron chi connectivity index (χ3n) is 5.92. The number of piperidine rings is 1. The summed E-state index contributed by atoms with van der Waals surface area (Å²) in [5.74, 6) is 0.894. The monoisotopic (exact) mass is 398 g/mol. The molecule has 150 valence electrons. The molecule has 1 amide bonds. The maximum Gasteiger partial charge on any atom is 0.282 e. The van der Waals surface area contributed by atoms with Crippen molar-refractivity contribution in [3.63, 3.8) is 0 Å². The van der Waals surface area contributed by atoms with Crippen LogP contribution in [0.1, 0.15) is 31.4 Å². The highest BCUT2D eigenvalue weighted by Crippen LogP contribution is 2.38. The zero-order valence-corrected chi connectivity index (χ0v) is 15.7. The Hall–Kier alpha value is -3.10. The SMILES string of the molecule is O=C1NCCC12CCCN(c1cc(-c3cnc4ccc(C(F)F)nn34)ccn1)C2. The molecule has 7 nitrogen and oxygen atoms in total. The predicted octanol–water partition coefficient (Wildman–Crippen LogP) is 2.84. The maximum absolute atomic E-state index is 13.1. The second kappa shape index (κ2) is 6.75. The summed E-state index contributed by atoms with van der Waals surface area (Å²) in [6.07, 6.45) is 3.33. The lowest BCUT2D eigenvalue weighted by Crippen LogP contribution is -2.47. The molecule has 2 aliphatic heterocycles. The number of rotatable bonds is 3. The molecule has 3 aromatic heterocycles. The molecule has 1 unspecified atom stereocenters. The van der Waals surface area contributed by atoms with Crippen molar-refractivity contribution in [2.24, 2.45) is 5.41 Å². The van der Waals surface area contributed by atoms with Crippen LogP contribution in [0.4, 0.5) is 14.6 Å². The van der Waals surface area contributed by atoms with Crippen LogP contribution in [0.5, 0.6) is 0 Å². The predicted molar refractivity (Wildman–Crippen MR) is 103 cm³/mol. The van der Waals surface area contributed by atoms with Gasteiger partial charge in [-0.3, -0.25) is 4.79 Å². The number of nitrogens with zero attached hydrogens (tertiary/aromatic N) is 5. The zero-order chi connectivity index (χ0) is 20.0. The fraction of sp³-hybridized carbons (Fsp3) is 0.400. The van der Waals surface area contributed by atoms with Crippen LogP contribution in [-0.4, -0.2) is 45.1 Å². The summed E-state index contributed by atoms with van der Waals surface area (Å²) in [5, 5.41) is 6.99. The van der Waals surface area contributed by atoms with Crippen LogP contribution in [0.3, 0.4) is 0 Å². The molecule has 5 rings (SSSR count).